The topological polar surface area (TPSA) is 151 Å². The first-order valence-corrected chi connectivity index (χ1v) is 13.8. The van der Waals surface area contributed by atoms with E-state index in [0.717, 1.165) is 25.2 Å². The van der Waals surface area contributed by atoms with Crippen molar-refractivity contribution in [1.82, 2.24) is 15.1 Å². The number of nitrogens with zero attached hydrogens (tertiary/aromatic N) is 3. The number of hydrogen-bond donors (Lipinski definition) is 4. The van der Waals surface area contributed by atoms with Gasteiger partial charge in [0.05, 0.1) is 23.3 Å². The van der Waals surface area contributed by atoms with Crippen LogP contribution in [-0.4, -0.2) is 78.4 Å². The number of alkyl halides is 5. The molecule has 2 heterocycles. The van der Waals surface area contributed by atoms with E-state index < -0.39 is 54.9 Å². The zero-order chi connectivity index (χ0) is 31.6. The van der Waals surface area contributed by atoms with Crippen LogP contribution in [0.4, 0.5) is 33.3 Å². The van der Waals surface area contributed by atoms with Crippen molar-refractivity contribution in [2.24, 2.45) is 29.3 Å². The van der Waals surface area contributed by atoms with E-state index >= 15 is 0 Å². The van der Waals surface area contributed by atoms with Crippen LogP contribution in [0.5, 0.6) is 0 Å². The van der Waals surface area contributed by atoms with Gasteiger partial charge in [-0.2, -0.15) is 13.2 Å². The number of nitrogen functional groups attached to an aromatic ring is 1. The molecule has 1 saturated carbocycles. The van der Waals surface area contributed by atoms with E-state index in [-0.39, 0.29) is 25.3 Å². The molecular formula is C27H40F5N7O3. The van der Waals surface area contributed by atoms with Crippen LogP contribution in [0.1, 0.15) is 45.1 Å². The molecule has 3 aliphatic rings. The highest BCUT2D eigenvalue weighted by molar-refractivity contribution is 5.90. The molecule has 10 nitrogen and oxygen atoms in total. The van der Waals surface area contributed by atoms with Gasteiger partial charge >= 0.3 is 6.18 Å². The van der Waals surface area contributed by atoms with Crippen LogP contribution in [0.3, 0.4) is 0 Å². The molecule has 236 valence electrons. The molecule has 7 N–H and O–H groups in total. The number of likely N-dealkylation sites (tertiary alicyclic amines) is 2. The lowest BCUT2D eigenvalue weighted by atomic mass is 10.0. The number of halogens is 5. The predicted molar refractivity (Wildman–Crippen MR) is 147 cm³/mol. The van der Waals surface area contributed by atoms with Crippen molar-refractivity contribution in [3.05, 3.63) is 23.8 Å². The van der Waals surface area contributed by atoms with Crippen LogP contribution >= 0.6 is 0 Å². The Hall–Kier alpha value is -3.20. The summed E-state index contributed by atoms with van der Waals surface area (Å²) < 4.78 is 62.6. The summed E-state index contributed by atoms with van der Waals surface area (Å²) in [6.07, 6.45) is -3.93. The third-order valence-corrected chi connectivity index (χ3v) is 7.61. The maximum absolute atomic E-state index is 13.5. The van der Waals surface area contributed by atoms with Crippen LogP contribution < -0.4 is 27.6 Å². The Morgan fingerprint density at radius 3 is 2.19 bits per heavy atom. The number of nitrogens with one attached hydrogen (secondary N) is 1. The first-order valence-electron chi connectivity index (χ1n) is 13.8. The van der Waals surface area contributed by atoms with Gasteiger partial charge in [-0.1, -0.05) is 6.07 Å². The molecule has 3 amide bonds. The van der Waals surface area contributed by atoms with Crippen LogP contribution in [0.15, 0.2) is 18.2 Å². The first-order chi connectivity index (χ1) is 19.3. The third-order valence-electron chi connectivity index (χ3n) is 7.61. The van der Waals surface area contributed by atoms with Gasteiger partial charge in [-0.25, -0.2) is 14.6 Å². The molecule has 1 aromatic rings. The predicted octanol–water partition coefficient (Wildman–Crippen LogP) is 2.22. The number of rotatable bonds is 8. The Labute approximate surface area is 241 Å². The average Bonchev–Trinajstić information content (AvgIpc) is 3.25. The number of amides is 3. The van der Waals surface area contributed by atoms with Crippen molar-refractivity contribution in [3.8, 4) is 0 Å². The molecule has 5 atom stereocenters. The largest absolute Gasteiger partial charge is 0.397 e. The van der Waals surface area contributed by atoms with Crippen LogP contribution in [0, 0.1) is 17.8 Å². The Bertz CT molecular complexity index is 1130. The van der Waals surface area contributed by atoms with Crippen molar-refractivity contribution in [2.75, 3.05) is 37.4 Å². The minimum absolute atomic E-state index is 0.00515. The quantitative estimate of drug-likeness (QED) is 0.154. The molecular weight excluding hydrogens is 565 g/mol. The van der Waals surface area contributed by atoms with Crippen LogP contribution in [0.2, 0.25) is 0 Å². The van der Waals surface area contributed by atoms with Crippen molar-refractivity contribution in [3.63, 3.8) is 0 Å². The molecule has 0 aromatic heterocycles. The van der Waals surface area contributed by atoms with E-state index in [9.17, 15) is 36.3 Å². The van der Waals surface area contributed by atoms with Gasteiger partial charge in [0, 0.05) is 39.6 Å². The highest BCUT2D eigenvalue weighted by Crippen LogP contribution is 2.45. The molecule has 1 aromatic carbocycles. The highest BCUT2D eigenvalue weighted by atomic mass is 19.4. The fraction of sp³-hybridized carbons (Fsp3) is 0.667. The zero-order valence-electron chi connectivity index (χ0n) is 24.0. The smallest absolute Gasteiger partial charge is 0.393 e. The Kier molecular flexibility index (Phi) is 10.3. The summed E-state index contributed by atoms with van der Waals surface area (Å²) in [4.78, 5) is 41.1. The highest BCUT2D eigenvalue weighted by Gasteiger charge is 2.51. The standard InChI is InChI=1S/C24H34F3N7O3.C3H6F2/c1-32(30)19-4-2-13(6-18(19)29)9-31-22(36)20-8-16(24(25,26)27)12-34(20)23(37)17(28)3-5-21(35)33-10-14-7-15(14)11-33;1-3(2,4)5/h2,4,6,14-17,20H,3,5,7-12,28-30H2,1H3,(H,31,36);1-2H3. The lowest BCUT2D eigenvalue weighted by Gasteiger charge is -2.27. The second-order valence-electron chi connectivity index (χ2n) is 11.7. The normalized spacial score (nSPS) is 24.0. The molecule has 2 aliphatic heterocycles. The minimum atomic E-state index is -4.57. The molecule has 0 radical (unpaired) electrons. The molecule has 1 aliphatic carbocycles. The van der Waals surface area contributed by atoms with Crippen molar-refractivity contribution < 1.29 is 36.3 Å². The lowest BCUT2D eigenvalue weighted by molar-refractivity contribution is -0.171. The Morgan fingerprint density at radius 1 is 1.07 bits per heavy atom. The zero-order valence-corrected chi connectivity index (χ0v) is 24.0. The van der Waals surface area contributed by atoms with Gasteiger partial charge in [-0.3, -0.25) is 14.4 Å². The fourth-order valence-electron chi connectivity index (χ4n) is 5.28. The van der Waals surface area contributed by atoms with E-state index in [0.29, 0.717) is 41.9 Å². The van der Waals surface area contributed by atoms with Gasteiger partial charge in [0.25, 0.3) is 0 Å². The molecule has 0 bridgehead atoms. The number of fused-ring (bicyclic) bond motifs is 1. The molecule has 4 rings (SSSR count). The minimum Gasteiger partial charge on any atom is -0.397 e. The van der Waals surface area contributed by atoms with Gasteiger partial charge in [0.1, 0.15) is 6.04 Å². The lowest BCUT2D eigenvalue weighted by Crippen LogP contribution is -2.51. The average molecular weight is 606 g/mol. The number of carbonyl (C=O) groups excluding carboxylic acids is 3. The van der Waals surface area contributed by atoms with E-state index in [1.165, 1.54) is 5.01 Å². The summed E-state index contributed by atoms with van der Waals surface area (Å²) in [5.74, 6) is 0.905. The number of anilines is 2. The summed E-state index contributed by atoms with van der Waals surface area (Å²) in [5, 5.41) is 3.94. The monoisotopic (exact) mass is 605 g/mol. The second kappa shape index (κ2) is 13.0. The summed E-state index contributed by atoms with van der Waals surface area (Å²) in [6, 6.07) is 2.45. The summed E-state index contributed by atoms with van der Waals surface area (Å²) in [7, 11) is 1.62. The fourth-order valence-corrected chi connectivity index (χ4v) is 5.28. The van der Waals surface area contributed by atoms with Crippen LogP contribution in [0.25, 0.3) is 0 Å². The van der Waals surface area contributed by atoms with E-state index in [1.54, 1.807) is 30.1 Å². The van der Waals surface area contributed by atoms with Gasteiger partial charge in [-0.05, 0) is 62.6 Å². The molecule has 42 heavy (non-hydrogen) atoms. The number of hydrazine groups is 1. The first kappa shape index (κ1) is 33.3. The summed E-state index contributed by atoms with van der Waals surface area (Å²) >= 11 is 0. The Morgan fingerprint density at radius 2 is 1.67 bits per heavy atom. The molecule has 0 spiro atoms. The molecule has 2 saturated heterocycles. The van der Waals surface area contributed by atoms with Gasteiger partial charge in [0.2, 0.25) is 23.6 Å². The van der Waals surface area contributed by atoms with Crippen molar-refractivity contribution >= 4 is 29.1 Å². The van der Waals surface area contributed by atoms with Gasteiger partial charge in [-0.15, -0.1) is 0 Å². The number of piperidine rings is 1. The van der Waals surface area contributed by atoms with Crippen LogP contribution in [-0.2, 0) is 20.9 Å². The maximum atomic E-state index is 13.5. The Balaban J connectivity index is 0.000000892. The molecule has 3 fully saturated rings. The van der Waals surface area contributed by atoms with Gasteiger partial charge in [0.15, 0.2) is 0 Å². The van der Waals surface area contributed by atoms with Crippen molar-refractivity contribution in [2.45, 2.75) is 70.3 Å². The van der Waals surface area contributed by atoms with Gasteiger partial charge < -0.3 is 31.6 Å². The number of nitrogens with two attached hydrogens (primary N) is 3. The summed E-state index contributed by atoms with van der Waals surface area (Å²) in [5.41, 5.74) is 13.5. The SMILES string of the molecule is CC(C)(F)F.CN(N)c1ccc(CNC(=O)C2CC(C(F)(F)F)CN2C(=O)C(N)CCC(=O)N2CC3CC3C2)cc1N. The summed E-state index contributed by atoms with van der Waals surface area (Å²) in [6.45, 7) is 2.49. The number of benzene rings is 1. The van der Waals surface area contributed by atoms with E-state index in [1.807, 2.05) is 0 Å². The third kappa shape index (κ3) is 9.15. The number of carbonyl (C=O) groups is 3. The maximum Gasteiger partial charge on any atom is 0.393 e. The second-order valence-corrected chi connectivity index (χ2v) is 11.7. The molecule has 15 heteroatoms. The van der Waals surface area contributed by atoms with E-state index in [4.69, 9.17) is 17.3 Å². The number of hydrogen-bond acceptors (Lipinski definition) is 7. The van der Waals surface area contributed by atoms with Crippen molar-refractivity contribution in [1.29, 1.82) is 0 Å². The van der Waals surface area contributed by atoms with E-state index in [2.05, 4.69) is 5.32 Å². The molecule has 5 unspecified atom stereocenters.